The number of halogens is 1. The number of carbonyl (C=O) groups excluding carboxylic acids is 1. The summed E-state index contributed by atoms with van der Waals surface area (Å²) in [4.78, 5) is 16.9. The predicted octanol–water partition coefficient (Wildman–Crippen LogP) is 3.58. The number of ether oxygens (including phenoxy) is 3. The van der Waals surface area contributed by atoms with Crippen LogP contribution < -0.4 is 0 Å². The zero-order valence-corrected chi connectivity index (χ0v) is 15.6. The van der Waals surface area contributed by atoms with Crippen molar-refractivity contribution in [3.05, 3.63) is 53.9 Å². The van der Waals surface area contributed by atoms with Crippen molar-refractivity contribution >= 4 is 5.78 Å². The molecule has 1 aromatic heterocycles. The number of hydrogen-bond donors (Lipinski definition) is 0. The van der Waals surface area contributed by atoms with Crippen molar-refractivity contribution in [1.29, 1.82) is 0 Å². The van der Waals surface area contributed by atoms with Gasteiger partial charge in [-0.05, 0) is 33.3 Å². The molecule has 0 radical (unpaired) electrons. The molecule has 7 heteroatoms. The van der Waals surface area contributed by atoms with E-state index in [0.29, 0.717) is 0 Å². The highest BCUT2D eigenvalue weighted by molar-refractivity contribution is 5.99. The summed E-state index contributed by atoms with van der Waals surface area (Å²) in [7, 11) is 0. The first kappa shape index (κ1) is 20.2. The third-order valence-corrected chi connectivity index (χ3v) is 3.94. The molecule has 0 aliphatic heterocycles. The molecule has 0 saturated carbocycles. The minimum Gasteiger partial charge on any atom is -0.321 e. The monoisotopic (exact) mass is 364 g/mol. The summed E-state index contributed by atoms with van der Waals surface area (Å²) in [6.45, 7) is 7.47. The largest absolute Gasteiger partial charge is 0.353 e. The first-order chi connectivity index (χ1) is 12.5. The van der Waals surface area contributed by atoms with E-state index < -0.39 is 17.7 Å². The van der Waals surface area contributed by atoms with Crippen molar-refractivity contribution in [2.45, 2.75) is 39.7 Å². The van der Waals surface area contributed by atoms with Crippen LogP contribution in [0.5, 0.6) is 0 Å². The summed E-state index contributed by atoms with van der Waals surface area (Å²) in [5.74, 6) is -3.63. The number of Topliss-reactive ketones (excluding diaryl/α,β-unsaturated/α-hetero) is 1. The Morgan fingerprint density at radius 3 is 2.15 bits per heavy atom. The molecule has 1 heterocycles. The van der Waals surface area contributed by atoms with Gasteiger partial charge in [0.15, 0.2) is 5.69 Å². The summed E-state index contributed by atoms with van der Waals surface area (Å²) in [6, 6.07) is 9.14. The number of nitrogens with zero attached hydrogens (tertiary/aromatic N) is 2. The Morgan fingerprint density at radius 1 is 1.12 bits per heavy atom. The van der Waals surface area contributed by atoms with Crippen LogP contribution in [0.1, 0.15) is 49.8 Å². The zero-order chi connectivity index (χ0) is 19.2. The molecule has 0 N–H and O–H groups in total. The van der Waals surface area contributed by atoms with Crippen molar-refractivity contribution in [1.82, 2.24) is 9.55 Å². The number of imidazole rings is 1. The number of rotatable bonds is 10. The van der Waals surface area contributed by atoms with E-state index in [1.54, 1.807) is 20.8 Å². The van der Waals surface area contributed by atoms with Crippen molar-refractivity contribution in [3.8, 4) is 0 Å². The number of aromatic nitrogens is 2. The highest BCUT2D eigenvalue weighted by Crippen LogP contribution is 2.27. The maximum absolute atomic E-state index is 14.5. The Hall–Kier alpha value is -2.09. The van der Waals surface area contributed by atoms with Crippen molar-refractivity contribution < 1.29 is 23.4 Å². The lowest BCUT2D eigenvalue weighted by Gasteiger charge is -2.31. The lowest BCUT2D eigenvalue weighted by molar-refractivity contribution is -0.339. The summed E-state index contributed by atoms with van der Waals surface area (Å²) < 4.78 is 32.4. The number of ketones is 1. The molecule has 0 fully saturated rings. The molecule has 0 aliphatic rings. The number of hydrogen-bond acceptors (Lipinski definition) is 5. The molecule has 1 aromatic carbocycles. The smallest absolute Gasteiger partial charge is 0.321 e. The molecule has 2 aromatic rings. The molecule has 0 saturated heterocycles. The Morgan fingerprint density at radius 2 is 1.65 bits per heavy atom. The normalized spacial score (nSPS) is 13.0. The van der Waals surface area contributed by atoms with Crippen LogP contribution >= 0.6 is 0 Å². The van der Waals surface area contributed by atoms with Gasteiger partial charge in [0, 0.05) is 0 Å². The van der Waals surface area contributed by atoms with Gasteiger partial charge in [-0.1, -0.05) is 30.3 Å². The van der Waals surface area contributed by atoms with Crippen LogP contribution in [0.25, 0.3) is 0 Å². The Balaban J connectivity index is 2.49. The van der Waals surface area contributed by atoms with Crippen LogP contribution in [0.15, 0.2) is 36.7 Å². The van der Waals surface area contributed by atoms with Gasteiger partial charge in [0.2, 0.25) is 5.95 Å². The van der Waals surface area contributed by atoms with Gasteiger partial charge >= 0.3 is 5.97 Å². The average molecular weight is 364 g/mol. The second kappa shape index (κ2) is 9.02. The van der Waals surface area contributed by atoms with Gasteiger partial charge in [-0.25, -0.2) is 4.98 Å². The topological polar surface area (TPSA) is 62.6 Å². The Bertz CT molecular complexity index is 701. The number of carbonyl (C=O) groups is 1. The fraction of sp³-hybridized carbons (Fsp3) is 0.474. The van der Waals surface area contributed by atoms with Crippen LogP contribution in [0.2, 0.25) is 0 Å². The summed E-state index contributed by atoms with van der Waals surface area (Å²) >= 11 is 0. The highest BCUT2D eigenvalue weighted by Gasteiger charge is 2.46. The van der Waals surface area contributed by atoms with E-state index in [4.69, 9.17) is 14.2 Å². The molecule has 0 bridgehead atoms. The van der Waals surface area contributed by atoms with E-state index in [2.05, 4.69) is 4.98 Å². The molecular weight excluding hydrogens is 339 g/mol. The van der Waals surface area contributed by atoms with Gasteiger partial charge < -0.3 is 18.8 Å². The quantitative estimate of drug-likeness (QED) is 0.476. The molecule has 142 valence electrons. The summed E-state index contributed by atoms with van der Waals surface area (Å²) in [5, 5.41) is 0. The maximum Gasteiger partial charge on any atom is 0.353 e. The third kappa shape index (κ3) is 4.00. The van der Waals surface area contributed by atoms with E-state index in [-0.39, 0.29) is 31.6 Å². The van der Waals surface area contributed by atoms with Crippen LogP contribution in [0, 0.1) is 5.95 Å². The van der Waals surface area contributed by atoms with Crippen molar-refractivity contribution in [2.24, 2.45) is 0 Å². The fourth-order valence-corrected chi connectivity index (χ4v) is 2.77. The molecule has 0 unspecified atom stereocenters. The van der Waals surface area contributed by atoms with E-state index >= 15 is 0 Å². The average Bonchev–Trinajstić information content (AvgIpc) is 3.03. The van der Waals surface area contributed by atoms with Crippen molar-refractivity contribution in [2.75, 3.05) is 19.8 Å². The second-order valence-electron chi connectivity index (χ2n) is 5.56. The molecule has 6 nitrogen and oxygen atoms in total. The molecule has 0 aliphatic carbocycles. The van der Waals surface area contributed by atoms with Crippen molar-refractivity contribution in [3.63, 3.8) is 0 Å². The Labute approximate surface area is 152 Å². The molecular formula is C19H25FN2O4. The molecule has 0 spiro atoms. The summed E-state index contributed by atoms with van der Waals surface area (Å²) in [5.41, 5.74) is 0.672. The first-order valence-corrected chi connectivity index (χ1v) is 8.74. The minimum atomic E-state index is -1.99. The first-order valence-electron chi connectivity index (χ1n) is 8.74. The predicted molar refractivity (Wildman–Crippen MR) is 94.4 cm³/mol. The van der Waals surface area contributed by atoms with Gasteiger partial charge in [-0.15, -0.1) is 0 Å². The Kier molecular flexibility index (Phi) is 7.02. The van der Waals surface area contributed by atoms with Crippen LogP contribution in [0.4, 0.5) is 4.39 Å². The molecule has 26 heavy (non-hydrogen) atoms. The molecule has 2 rings (SSSR count). The lowest BCUT2D eigenvalue weighted by atomic mass is 10.1. The fourth-order valence-electron chi connectivity index (χ4n) is 2.77. The maximum atomic E-state index is 14.5. The second-order valence-corrected chi connectivity index (χ2v) is 5.56. The van der Waals surface area contributed by atoms with E-state index in [0.717, 1.165) is 5.56 Å². The van der Waals surface area contributed by atoms with Gasteiger partial charge in [-0.3, -0.25) is 4.79 Å². The van der Waals surface area contributed by atoms with Crippen LogP contribution in [-0.4, -0.2) is 41.1 Å². The molecule has 1 atom stereocenters. The third-order valence-electron chi connectivity index (χ3n) is 3.94. The minimum absolute atomic E-state index is 0.162. The van der Waals surface area contributed by atoms with Crippen LogP contribution in [-0.2, 0) is 14.2 Å². The summed E-state index contributed by atoms with van der Waals surface area (Å²) in [6.07, 6.45) is 1.30. The SMILES string of the molecule is CCOC(OCC)(OCC)C(=O)c1c(F)ncn1[C@H](C)c1ccccc1. The van der Waals surface area contributed by atoms with E-state index in [9.17, 15) is 9.18 Å². The van der Waals surface area contributed by atoms with Gasteiger partial charge in [0.25, 0.3) is 5.78 Å². The van der Waals surface area contributed by atoms with E-state index in [1.165, 1.54) is 10.9 Å². The standard InChI is InChI=1S/C19H25FN2O4/c1-5-24-19(25-6-2,26-7-3)17(23)16-18(20)21-13-22(16)14(4)15-11-9-8-10-12-15/h8-14H,5-7H2,1-4H3/t14-/m1/s1. The number of benzene rings is 1. The lowest BCUT2D eigenvalue weighted by Crippen LogP contribution is -2.48. The van der Waals surface area contributed by atoms with Gasteiger partial charge in [-0.2, -0.15) is 4.39 Å². The molecule has 0 amide bonds. The van der Waals surface area contributed by atoms with E-state index in [1.807, 2.05) is 37.3 Å². The van der Waals surface area contributed by atoms with Gasteiger partial charge in [0.05, 0.1) is 32.2 Å². The highest BCUT2D eigenvalue weighted by atomic mass is 19.1. The van der Waals surface area contributed by atoms with Gasteiger partial charge in [0.1, 0.15) is 0 Å². The zero-order valence-electron chi connectivity index (χ0n) is 15.6. The van der Waals surface area contributed by atoms with Crippen LogP contribution in [0.3, 0.4) is 0 Å².